The van der Waals surface area contributed by atoms with E-state index in [0.29, 0.717) is 18.8 Å². The molecule has 0 saturated heterocycles. The summed E-state index contributed by atoms with van der Waals surface area (Å²) >= 11 is 0. The first-order valence-electron chi connectivity index (χ1n) is 15.4. The Labute approximate surface area is 268 Å². The van der Waals surface area contributed by atoms with Gasteiger partial charge in [-0.05, 0) is 85.3 Å². The maximum Gasteiger partial charge on any atom is 0.248 e. The molecule has 0 aliphatic carbocycles. The summed E-state index contributed by atoms with van der Waals surface area (Å²) in [4.78, 5) is 22.0. The summed E-state index contributed by atoms with van der Waals surface area (Å²) in [5.74, 6) is 0.0660. The third kappa shape index (κ3) is 6.10. The molecule has 11 nitrogen and oxygen atoms in total. The Balaban J connectivity index is 1.40. The first kappa shape index (κ1) is 31.3. The number of benzene rings is 2. The third-order valence-corrected chi connectivity index (χ3v) is 10.4. The predicted octanol–water partition coefficient (Wildman–Crippen LogP) is 5.38. The number of anilines is 1. The minimum atomic E-state index is -3.89. The Morgan fingerprint density at radius 2 is 1.87 bits per heavy atom. The second-order valence-electron chi connectivity index (χ2n) is 11.5. The number of nitrogens with zero attached hydrogens (tertiary/aromatic N) is 6. The molecule has 238 valence electrons. The van der Waals surface area contributed by atoms with Crippen molar-refractivity contribution in [1.82, 2.24) is 29.3 Å². The van der Waals surface area contributed by atoms with Gasteiger partial charge in [-0.15, -0.1) is 5.10 Å². The molecule has 0 bridgehead atoms. The van der Waals surface area contributed by atoms with Crippen molar-refractivity contribution in [2.75, 3.05) is 11.9 Å². The van der Waals surface area contributed by atoms with Crippen LogP contribution < -0.4 is 10.1 Å². The molecule has 0 radical (unpaired) electrons. The van der Waals surface area contributed by atoms with Gasteiger partial charge in [0.2, 0.25) is 21.8 Å². The van der Waals surface area contributed by atoms with Gasteiger partial charge in [0.1, 0.15) is 22.3 Å². The van der Waals surface area contributed by atoms with Gasteiger partial charge in [0.15, 0.2) is 0 Å². The first-order chi connectivity index (χ1) is 22.2. The van der Waals surface area contributed by atoms with Crippen LogP contribution in [0.5, 0.6) is 5.88 Å². The van der Waals surface area contributed by atoms with Gasteiger partial charge >= 0.3 is 0 Å². The molecule has 5 aromatic rings. The highest BCUT2D eigenvalue weighted by Crippen LogP contribution is 2.36. The average Bonchev–Trinajstić information content (AvgIpc) is 3.45. The van der Waals surface area contributed by atoms with Crippen LogP contribution in [0.15, 0.2) is 78.0 Å². The number of hydrogen-bond donors (Lipinski definition) is 1. The average molecular weight is 640 g/mol. The number of aryl methyl sites for hydroxylation is 3. The number of carbonyl (C=O) groups is 1. The number of amides is 1. The Morgan fingerprint density at radius 1 is 1.04 bits per heavy atom. The number of rotatable bonds is 9. The van der Waals surface area contributed by atoms with Gasteiger partial charge < -0.3 is 10.1 Å². The lowest BCUT2D eigenvalue weighted by Crippen LogP contribution is -2.36. The van der Waals surface area contributed by atoms with E-state index in [0.717, 1.165) is 38.9 Å². The van der Waals surface area contributed by atoms with Crippen molar-refractivity contribution < 1.29 is 17.9 Å². The van der Waals surface area contributed by atoms with Gasteiger partial charge in [-0.1, -0.05) is 42.5 Å². The van der Waals surface area contributed by atoms with Crippen LogP contribution in [0.2, 0.25) is 0 Å². The summed E-state index contributed by atoms with van der Waals surface area (Å²) in [5.41, 5.74) is 6.28. The molecular formula is C34H37N7O4S. The van der Waals surface area contributed by atoms with Crippen LogP contribution in [0.25, 0.3) is 11.0 Å². The number of aromatic nitrogens is 5. The zero-order chi connectivity index (χ0) is 32.4. The van der Waals surface area contributed by atoms with Crippen molar-refractivity contribution >= 4 is 32.8 Å². The van der Waals surface area contributed by atoms with Gasteiger partial charge in [0, 0.05) is 37.8 Å². The lowest BCUT2D eigenvalue weighted by molar-refractivity contribution is -0.116. The van der Waals surface area contributed by atoms with Crippen LogP contribution in [0, 0.1) is 13.8 Å². The second-order valence-corrected chi connectivity index (χ2v) is 13.4. The van der Waals surface area contributed by atoms with E-state index >= 15 is 0 Å². The molecule has 0 unspecified atom stereocenters. The Kier molecular flexibility index (Phi) is 8.83. The number of hydrogen-bond acceptors (Lipinski definition) is 8. The molecular weight excluding hydrogens is 602 g/mol. The number of carbonyl (C=O) groups excluding carboxylic acids is 1. The fourth-order valence-electron chi connectivity index (χ4n) is 5.97. The van der Waals surface area contributed by atoms with Crippen LogP contribution >= 0.6 is 0 Å². The summed E-state index contributed by atoms with van der Waals surface area (Å²) in [6.07, 6.45) is 3.59. The van der Waals surface area contributed by atoms with Crippen LogP contribution in [-0.2, 0) is 27.9 Å². The van der Waals surface area contributed by atoms with E-state index in [4.69, 9.17) is 4.74 Å². The zero-order valence-electron chi connectivity index (χ0n) is 26.3. The van der Waals surface area contributed by atoms with Crippen molar-refractivity contribution in [2.45, 2.75) is 70.5 Å². The smallest absolute Gasteiger partial charge is 0.248 e. The Bertz CT molecular complexity index is 2000. The number of sulfonamides is 1. The number of ether oxygens (including phenoxy) is 1. The van der Waals surface area contributed by atoms with Crippen LogP contribution in [0.3, 0.4) is 0 Å². The van der Waals surface area contributed by atoms with Gasteiger partial charge in [-0.2, -0.15) is 4.31 Å². The number of fused-ring (bicyclic) bond motifs is 2. The molecule has 1 amide bonds. The van der Waals surface area contributed by atoms with Crippen molar-refractivity contribution in [3.8, 4) is 5.88 Å². The van der Waals surface area contributed by atoms with E-state index < -0.39 is 10.0 Å². The summed E-state index contributed by atoms with van der Waals surface area (Å²) in [6.45, 7) is 8.99. The van der Waals surface area contributed by atoms with Crippen LogP contribution in [-0.4, -0.2) is 56.2 Å². The molecule has 3 aromatic heterocycles. The molecule has 1 aliphatic heterocycles. The SMILES string of the molecule is CC[C@@H]1CN(Cc2cc([C@H](CC(=O)Nc3ccccn3)c3ccc4c(nnn4CC)c3C)ccc2C)S(=O)(=O)c2cccnc2O1. The molecule has 0 saturated carbocycles. The van der Waals surface area contributed by atoms with Crippen molar-refractivity contribution in [3.05, 3.63) is 101 Å². The fraction of sp³-hybridized carbons (Fsp3) is 0.324. The van der Waals surface area contributed by atoms with Gasteiger partial charge in [-0.3, -0.25) is 4.79 Å². The summed E-state index contributed by atoms with van der Waals surface area (Å²) in [6, 6.07) is 18.6. The van der Waals surface area contributed by atoms with Crippen molar-refractivity contribution in [3.63, 3.8) is 0 Å². The second kappa shape index (κ2) is 13.0. The third-order valence-electron chi connectivity index (χ3n) is 8.60. The molecule has 0 spiro atoms. The van der Waals surface area contributed by atoms with E-state index in [-0.39, 0.29) is 48.2 Å². The minimum absolute atomic E-state index is 0.0629. The highest BCUT2D eigenvalue weighted by Gasteiger charge is 2.35. The summed E-state index contributed by atoms with van der Waals surface area (Å²) in [7, 11) is -3.89. The molecule has 0 fully saturated rings. The standard InChI is InChI=1S/C34H37N7O4S/c1-5-26-21-40(46(43,44)30-10-9-17-36-34(30)45-26)20-25-18-24(13-12-22(25)3)28(19-32(42)37-31-11-7-8-16-35-31)27-14-15-29-33(23(27)4)38-39-41(29)6-2/h7-18,26,28H,5-6,19-21H2,1-4H3,(H,35,37,42)/t26-,28+/m1/s1. The monoisotopic (exact) mass is 639 g/mol. The molecule has 1 aliphatic rings. The topological polar surface area (TPSA) is 132 Å². The van der Waals surface area contributed by atoms with E-state index in [1.54, 1.807) is 24.4 Å². The zero-order valence-corrected chi connectivity index (χ0v) is 27.2. The Morgan fingerprint density at radius 3 is 2.63 bits per heavy atom. The molecule has 4 heterocycles. The van der Waals surface area contributed by atoms with E-state index in [1.807, 2.05) is 68.8 Å². The normalized spacial score (nSPS) is 16.7. The largest absolute Gasteiger partial charge is 0.472 e. The van der Waals surface area contributed by atoms with Crippen LogP contribution in [0.1, 0.15) is 60.4 Å². The molecule has 46 heavy (non-hydrogen) atoms. The summed E-state index contributed by atoms with van der Waals surface area (Å²) in [5, 5.41) is 11.7. The molecule has 12 heteroatoms. The van der Waals surface area contributed by atoms with Gasteiger partial charge in [0.25, 0.3) is 0 Å². The predicted molar refractivity (Wildman–Crippen MR) is 175 cm³/mol. The summed E-state index contributed by atoms with van der Waals surface area (Å²) < 4.78 is 37.1. The number of pyridine rings is 2. The highest BCUT2D eigenvalue weighted by molar-refractivity contribution is 7.89. The maximum absolute atomic E-state index is 13.9. The van der Waals surface area contributed by atoms with Crippen molar-refractivity contribution in [1.29, 1.82) is 0 Å². The van der Waals surface area contributed by atoms with E-state index in [9.17, 15) is 13.2 Å². The number of nitrogens with one attached hydrogen (secondary N) is 1. The van der Waals surface area contributed by atoms with Crippen LogP contribution in [0.4, 0.5) is 5.82 Å². The van der Waals surface area contributed by atoms with Gasteiger partial charge in [0.05, 0.1) is 12.1 Å². The Hall–Kier alpha value is -4.68. The molecule has 1 N–H and O–H groups in total. The molecule has 6 rings (SSSR count). The quantitative estimate of drug-likeness (QED) is 0.227. The lowest BCUT2D eigenvalue weighted by Gasteiger charge is -2.25. The first-order valence-corrected chi connectivity index (χ1v) is 16.9. The molecule has 2 atom stereocenters. The lowest BCUT2D eigenvalue weighted by atomic mass is 9.84. The molecule has 2 aromatic carbocycles. The van der Waals surface area contributed by atoms with E-state index in [2.05, 4.69) is 25.6 Å². The van der Waals surface area contributed by atoms with E-state index in [1.165, 1.54) is 16.6 Å². The maximum atomic E-state index is 13.9. The highest BCUT2D eigenvalue weighted by atomic mass is 32.2. The van der Waals surface area contributed by atoms with Gasteiger partial charge in [-0.25, -0.2) is 23.1 Å². The fourth-order valence-corrected chi connectivity index (χ4v) is 7.49. The van der Waals surface area contributed by atoms with Crippen molar-refractivity contribution in [2.24, 2.45) is 0 Å². The minimum Gasteiger partial charge on any atom is -0.472 e.